The van der Waals surface area contributed by atoms with Crippen LogP contribution < -0.4 is 0 Å². The predicted octanol–water partition coefficient (Wildman–Crippen LogP) is 1.58. The van der Waals surface area contributed by atoms with Crippen LogP contribution in [0.25, 0.3) is 0 Å². The van der Waals surface area contributed by atoms with Gasteiger partial charge in [0.25, 0.3) is 0 Å². The summed E-state index contributed by atoms with van der Waals surface area (Å²) in [5.41, 5.74) is 0. The van der Waals surface area contributed by atoms with Crippen LogP contribution in [0.2, 0.25) is 0 Å². The Kier molecular flexibility index (Phi) is 2.63. The van der Waals surface area contributed by atoms with Crippen molar-refractivity contribution in [3.8, 4) is 0 Å². The highest BCUT2D eigenvalue weighted by molar-refractivity contribution is 9.06. The third-order valence-electron chi connectivity index (χ3n) is 2.21. The number of hydrogen-bond donors (Lipinski definition) is 0. The molecule has 0 radical (unpaired) electrons. The van der Waals surface area contributed by atoms with Crippen LogP contribution in [0.1, 0.15) is 20.3 Å². The first-order chi connectivity index (χ1) is 6.11. The summed E-state index contributed by atoms with van der Waals surface area (Å²) in [5.74, 6) is -0.504. The van der Waals surface area contributed by atoms with Gasteiger partial charge in [-0.25, -0.2) is 0 Å². The average Bonchev–Trinajstić information content (AvgIpc) is 2.41. The smallest absolute Gasteiger partial charge is 0.187 e. The SMILES string of the molecule is CC1(C)O[C@@H]2O[C@H](COBr)C[C@@H]2O1. The molecule has 0 unspecified atom stereocenters. The first kappa shape index (κ1) is 9.86. The summed E-state index contributed by atoms with van der Waals surface area (Å²) in [4.78, 5) is 0. The van der Waals surface area contributed by atoms with Gasteiger partial charge in [-0.05, 0) is 13.8 Å². The molecule has 0 aromatic rings. The molecule has 0 aromatic carbocycles. The van der Waals surface area contributed by atoms with Crippen LogP contribution in [0.3, 0.4) is 0 Å². The van der Waals surface area contributed by atoms with Gasteiger partial charge in [0.2, 0.25) is 0 Å². The molecule has 2 aliphatic rings. The Bertz CT molecular complexity index is 181. The van der Waals surface area contributed by atoms with Gasteiger partial charge in [0.1, 0.15) is 6.10 Å². The summed E-state index contributed by atoms with van der Waals surface area (Å²) in [7, 11) is 0. The molecule has 13 heavy (non-hydrogen) atoms. The van der Waals surface area contributed by atoms with Gasteiger partial charge in [-0.2, -0.15) is 0 Å². The summed E-state index contributed by atoms with van der Waals surface area (Å²) in [6, 6.07) is 0. The average molecular weight is 253 g/mol. The maximum atomic E-state index is 5.63. The van der Waals surface area contributed by atoms with Gasteiger partial charge < -0.3 is 18.0 Å². The molecule has 3 atom stereocenters. The standard InChI is InChI=1S/C8H13BrO4/c1-8(2)12-6-3-5(4-10-9)11-7(6)13-8/h5-7H,3-4H2,1-2H3/t5-,6-,7-/m0/s1. The highest BCUT2D eigenvalue weighted by Crippen LogP contribution is 2.37. The van der Waals surface area contributed by atoms with Crippen molar-refractivity contribution in [3.63, 3.8) is 0 Å². The molecule has 0 saturated carbocycles. The molecule has 2 fully saturated rings. The van der Waals surface area contributed by atoms with Crippen LogP contribution in [0, 0.1) is 0 Å². The van der Waals surface area contributed by atoms with E-state index in [-0.39, 0.29) is 18.5 Å². The van der Waals surface area contributed by atoms with Gasteiger partial charge in [0.05, 0.1) is 29.0 Å². The molecule has 2 saturated heterocycles. The molecule has 4 nitrogen and oxygen atoms in total. The van der Waals surface area contributed by atoms with Crippen molar-refractivity contribution in [2.75, 3.05) is 6.61 Å². The lowest BCUT2D eigenvalue weighted by Crippen LogP contribution is -2.25. The molecule has 76 valence electrons. The van der Waals surface area contributed by atoms with Crippen LogP contribution in [0.5, 0.6) is 0 Å². The van der Waals surface area contributed by atoms with E-state index in [0.717, 1.165) is 6.42 Å². The Morgan fingerprint density at radius 1 is 1.46 bits per heavy atom. The Morgan fingerprint density at radius 2 is 2.23 bits per heavy atom. The summed E-state index contributed by atoms with van der Waals surface area (Å²) in [5, 5.41) is 0. The largest absolute Gasteiger partial charge is 0.344 e. The Labute approximate surface area is 85.9 Å². The summed E-state index contributed by atoms with van der Waals surface area (Å²) >= 11 is 2.90. The van der Waals surface area contributed by atoms with Crippen molar-refractivity contribution in [1.82, 2.24) is 0 Å². The molecule has 0 amide bonds. The molecule has 0 aliphatic carbocycles. The van der Waals surface area contributed by atoms with Crippen molar-refractivity contribution in [2.24, 2.45) is 0 Å². The molecule has 0 spiro atoms. The second kappa shape index (κ2) is 3.47. The summed E-state index contributed by atoms with van der Waals surface area (Å²) in [6.45, 7) is 4.31. The zero-order chi connectivity index (χ0) is 9.47. The third kappa shape index (κ3) is 2.05. The van der Waals surface area contributed by atoms with E-state index >= 15 is 0 Å². The van der Waals surface area contributed by atoms with E-state index in [1.54, 1.807) is 0 Å². The maximum Gasteiger partial charge on any atom is 0.187 e. The fourth-order valence-electron chi connectivity index (χ4n) is 1.76. The Hall–Kier alpha value is 0.320. The molecule has 2 rings (SSSR count). The van der Waals surface area contributed by atoms with Crippen LogP contribution in [0.15, 0.2) is 0 Å². The molecule has 0 N–H and O–H groups in total. The van der Waals surface area contributed by atoms with Gasteiger partial charge in [0.15, 0.2) is 12.1 Å². The molecular weight excluding hydrogens is 240 g/mol. The van der Waals surface area contributed by atoms with Crippen molar-refractivity contribution in [3.05, 3.63) is 0 Å². The minimum Gasteiger partial charge on any atom is -0.344 e. The van der Waals surface area contributed by atoms with Gasteiger partial charge >= 0.3 is 0 Å². The van der Waals surface area contributed by atoms with Gasteiger partial charge in [-0.15, -0.1) is 0 Å². The van der Waals surface area contributed by atoms with Crippen LogP contribution >= 0.6 is 16.3 Å². The van der Waals surface area contributed by atoms with E-state index in [9.17, 15) is 0 Å². The number of halogens is 1. The third-order valence-corrected chi connectivity index (χ3v) is 2.47. The first-order valence-corrected chi connectivity index (χ1v) is 5.00. The second-order valence-electron chi connectivity index (χ2n) is 3.81. The highest BCUT2D eigenvalue weighted by atomic mass is 79.9. The Balaban J connectivity index is 1.90. The fourth-order valence-corrected chi connectivity index (χ4v) is 2.05. The quantitative estimate of drug-likeness (QED) is 0.748. The normalized spacial score (nSPS) is 42.2. The van der Waals surface area contributed by atoms with E-state index in [4.69, 9.17) is 18.0 Å². The van der Waals surface area contributed by atoms with Crippen molar-refractivity contribution >= 4 is 16.3 Å². The Morgan fingerprint density at radius 3 is 2.85 bits per heavy atom. The lowest BCUT2D eigenvalue weighted by molar-refractivity contribution is -0.206. The highest BCUT2D eigenvalue weighted by Gasteiger charge is 2.48. The van der Waals surface area contributed by atoms with Crippen LogP contribution in [0.4, 0.5) is 0 Å². The zero-order valence-electron chi connectivity index (χ0n) is 7.66. The van der Waals surface area contributed by atoms with E-state index in [1.165, 1.54) is 0 Å². The molecular formula is C8H13BrO4. The lowest BCUT2D eigenvalue weighted by atomic mass is 10.2. The first-order valence-electron chi connectivity index (χ1n) is 4.35. The van der Waals surface area contributed by atoms with E-state index < -0.39 is 5.79 Å². The van der Waals surface area contributed by atoms with E-state index in [0.29, 0.717) is 6.61 Å². The summed E-state index contributed by atoms with van der Waals surface area (Å²) < 4.78 is 21.5. The second-order valence-corrected chi connectivity index (χ2v) is 4.27. The minimum absolute atomic E-state index is 0.0580. The van der Waals surface area contributed by atoms with Crippen LogP contribution in [-0.4, -0.2) is 30.9 Å². The molecule has 2 heterocycles. The predicted molar refractivity (Wildman–Crippen MR) is 48.2 cm³/mol. The minimum atomic E-state index is -0.504. The molecule has 2 aliphatic heterocycles. The maximum absolute atomic E-state index is 5.63. The van der Waals surface area contributed by atoms with Crippen molar-refractivity contribution in [1.29, 1.82) is 0 Å². The monoisotopic (exact) mass is 252 g/mol. The number of fused-ring (bicyclic) bond motifs is 1. The fraction of sp³-hybridized carbons (Fsp3) is 1.00. The lowest BCUT2D eigenvalue weighted by Gasteiger charge is -2.19. The number of hydrogen-bond acceptors (Lipinski definition) is 4. The molecule has 0 aromatic heterocycles. The zero-order valence-corrected chi connectivity index (χ0v) is 9.24. The topological polar surface area (TPSA) is 36.9 Å². The van der Waals surface area contributed by atoms with E-state index in [2.05, 4.69) is 16.3 Å². The number of rotatable bonds is 2. The van der Waals surface area contributed by atoms with Crippen molar-refractivity contribution < 1.29 is 18.0 Å². The van der Waals surface area contributed by atoms with Gasteiger partial charge in [0, 0.05) is 6.42 Å². The summed E-state index contributed by atoms with van der Waals surface area (Å²) in [6.07, 6.45) is 0.746. The van der Waals surface area contributed by atoms with Crippen LogP contribution in [-0.2, 0) is 18.0 Å². The van der Waals surface area contributed by atoms with Crippen molar-refractivity contribution in [2.45, 2.75) is 44.6 Å². The van der Waals surface area contributed by atoms with Gasteiger partial charge in [-0.1, -0.05) is 0 Å². The number of ether oxygens (including phenoxy) is 3. The van der Waals surface area contributed by atoms with Gasteiger partial charge in [-0.3, -0.25) is 0 Å². The molecule has 0 bridgehead atoms. The van der Waals surface area contributed by atoms with E-state index in [1.807, 2.05) is 13.8 Å². The molecule has 5 heteroatoms.